The molecule has 0 N–H and O–H groups in total. The maximum Gasteiger partial charge on any atom is 0.336 e. The number of allylic oxidation sites excluding steroid dienone is 5. The summed E-state index contributed by atoms with van der Waals surface area (Å²) in [5.74, 6) is -8.23. The Labute approximate surface area is 123 Å². The summed E-state index contributed by atoms with van der Waals surface area (Å²) >= 11 is 0. The predicted molar refractivity (Wildman–Crippen MR) is 76.6 cm³/mol. The molecule has 0 bridgehead atoms. The first kappa shape index (κ1) is 16.3. The Balaban J connectivity index is 2.25. The average molecular weight is 302 g/mol. The summed E-state index contributed by atoms with van der Waals surface area (Å²) in [5, 5.41) is 0. The van der Waals surface area contributed by atoms with Gasteiger partial charge in [-0.2, -0.15) is 17.6 Å². The van der Waals surface area contributed by atoms with Crippen LogP contribution in [0.5, 0.6) is 0 Å². The van der Waals surface area contributed by atoms with E-state index >= 15 is 0 Å². The van der Waals surface area contributed by atoms with E-state index in [1.807, 2.05) is 6.08 Å². The lowest BCUT2D eigenvalue weighted by molar-refractivity contribution is -0.169. The molecule has 0 aromatic carbocycles. The summed E-state index contributed by atoms with van der Waals surface area (Å²) < 4.78 is 56.8. The van der Waals surface area contributed by atoms with Gasteiger partial charge in [-0.3, -0.25) is 0 Å². The van der Waals surface area contributed by atoms with Crippen LogP contribution in [0.1, 0.15) is 45.4 Å². The Morgan fingerprint density at radius 2 is 1.71 bits per heavy atom. The van der Waals surface area contributed by atoms with Crippen LogP contribution in [0.4, 0.5) is 17.6 Å². The highest BCUT2D eigenvalue weighted by Crippen LogP contribution is 2.52. The minimum absolute atomic E-state index is 0.00950. The molecule has 0 heterocycles. The zero-order valence-electron chi connectivity index (χ0n) is 12.3. The van der Waals surface area contributed by atoms with Crippen LogP contribution in [0.2, 0.25) is 0 Å². The number of hydrogen-bond donors (Lipinski definition) is 0. The lowest BCUT2D eigenvalue weighted by Crippen LogP contribution is -2.47. The van der Waals surface area contributed by atoms with Crippen molar-refractivity contribution in [1.82, 2.24) is 0 Å². The molecule has 0 aliphatic heterocycles. The molecular weight excluding hydrogens is 280 g/mol. The van der Waals surface area contributed by atoms with Gasteiger partial charge in [0.25, 0.3) is 0 Å². The van der Waals surface area contributed by atoms with Gasteiger partial charge in [0.05, 0.1) is 0 Å². The number of alkyl halides is 4. The monoisotopic (exact) mass is 302 g/mol. The molecule has 2 aliphatic carbocycles. The van der Waals surface area contributed by atoms with Gasteiger partial charge in [0.15, 0.2) is 0 Å². The van der Waals surface area contributed by atoms with E-state index in [1.165, 1.54) is 12.2 Å². The third-order valence-corrected chi connectivity index (χ3v) is 4.69. The molecule has 0 spiro atoms. The van der Waals surface area contributed by atoms with Crippen LogP contribution in [-0.4, -0.2) is 11.8 Å². The number of hydrogen-bond acceptors (Lipinski definition) is 0. The summed E-state index contributed by atoms with van der Waals surface area (Å²) in [6, 6.07) is 0. The minimum atomic E-state index is -4.06. The van der Waals surface area contributed by atoms with Crippen LogP contribution in [0, 0.1) is 11.8 Å². The van der Waals surface area contributed by atoms with Gasteiger partial charge in [-0.1, -0.05) is 31.6 Å². The van der Waals surface area contributed by atoms with Crippen molar-refractivity contribution in [3.05, 3.63) is 36.0 Å². The minimum Gasteiger partial charge on any atom is -0.194 e. The Morgan fingerprint density at radius 1 is 1.10 bits per heavy atom. The van der Waals surface area contributed by atoms with Crippen molar-refractivity contribution < 1.29 is 17.6 Å². The first-order chi connectivity index (χ1) is 9.84. The van der Waals surface area contributed by atoms with E-state index in [0.29, 0.717) is 25.2 Å². The molecule has 0 aromatic rings. The summed E-state index contributed by atoms with van der Waals surface area (Å²) in [7, 11) is 0. The highest BCUT2D eigenvalue weighted by atomic mass is 19.3. The lowest BCUT2D eigenvalue weighted by Gasteiger charge is -2.38. The summed E-state index contributed by atoms with van der Waals surface area (Å²) in [6.45, 7) is 5.42. The Kier molecular flexibility index (Phi) is 4.64. The smallest absolute Gasteiger partial charge is 0.194 e. The quantitative estimate of drug-likeness (QED) is 0.447. The lowest BCUT2D eigenvalue weighted by atomic mass is 9.73. The van der Waals surface area contributed by atoms with Gasteiger partial charge in [0.1, 0.15) is 0 Å². The zero-order valence-corrected chi connectivity index (χ0v) is 12.3. The fraction of sp³-hybridized carbons (Fsp3) is 0.647. The highest BCUT2D eigenvalue weighted by molar-refractivity contribution is 5.39. The zero-order chi connectivity index (χ0) is 15.7. The first-order valence-electron chi connectivity index (χ1n) is 7.64. The molecule has 2 rings (SSSR count). The molecule has 0 saturated heterocycles. The molecule has 0 unspecified atom stereocenters. The van der Waals surface area contributed by atoms with Crippen molar-refractivity contribution in [3.63, 3.8) is 0 Å². The van der Waals surface area contributed by atoms with Gasteiger partial charge < -0.3 is 0 Å². The van der Waals surface area contributed by atoms with Crippen LogP contribution in [-0.2, 0) is 0 Å². The van der Waals surface area contributed by atoms with Gasteiger partial charge in [-0.25, -0.2) is 0 Å². The molecule has 0 amide bonds. The fourth-order valence-corrected chi connectivity index (χ4v) is 3.35. The van der Waals surface area contributed by atoms with E-state index in [4.69, 9.17) is 0 Å². The molecular formula is C17H22F4. The Bertz CT molecular complexity index is 451. The van der Waals surface area contributed by atoms with Crippen molar-refractivity contribution in [2.75, 3.05) is 0 Å². The Hall–Kier alpha value is -1.06. The maximum absolute atomic E-state index is 14.3. The van der Waals surface area contributed by atoms with E-state index in [-0.39, 0.29) is 12.0 Å². The van der Waals surface area contributed by atoms with Gasteiger partial charge in [-0.05, 0) is 43.9 Å². The van der Waals surface area contributed by atoms with Gasteiger partial charge in [0, 0.05) is 11.1 Å². The van der Waals surface area contributed by atoms with E-state index in [2.05, 4.69) is 6.58 Å². The predicted octanol–water partition coefficient (Wildman–Crippen LogP) is 5.92. The second kappa shape index (κ2) is 5.98. The highest BCUT2D eigenvalue weighted by Gasteiger charge is 2.62. The molecule has 4 heteroatoms. The third-order valence-electron chi connectivity index (χ3n) is 4.69. The van der Waals surface area contributed by atoms with Crippen LogP contribution in [0.15, 0.2) is 36.0 Å². The molecule has 0 atom stereocenters. The molecule has 21 heavy (non-hydrogen) atoms. The van der Waals surface area contributed by atoms with E-state index in [9.17, 15) is 17.6 Å². The third kappa shape index (κ3) is 2.82. The first-order valence-corrected chi connectivity index (χ1v) is 7.64. The van der Waals surface area contributed by atoms with Crippen LogP contribution in [0.3, 0.4) is 0 Å². The van der Waals surface area contributed by atoms with Crippen molar-refractivity contribution in [2.45, 2.75) is 57.3 Å². The second-order valence-electron chi connectivity index (χ2n) is 6.06. The van der Waals surface area contributed by atoms with Crippen molar-refractivity contribution >= 4 is 0 Å². The molecule has 1 fully saturated rings. The number of rotatable bonds is 4. The van der Waals surface area contributed by atoms with Crippen molar-refractivity contribution in [2.24, 2.45) is 11.8 Å². The molecule has 0 radical (unpaired) electrons. The van der Waals surface area contributed by atoms with E-state index < -0.39 is 23.3 Å². The molecule has 1 saturated carbocycles. The van der Waals surface area contributed by atoms with Crippen LogP contribution >= 0.6 is 0 Å². The Morgan fingerprint density at radius 3 is 2.24 bits per heavy atom. The second-order valence-corrected chi connectivity index (χ2v) is 6.06. The van der Waals surface area contributed by atoms with E-state index in [0.717, 1.165) is 12.8 Å². The van der Waals surface area contributed by atoms with Gasteiger partial charge in [0.2, 0.25) is 0 Å². The fourth-order valence-electron chi connectivity index (χ4n) is 3.35. The number of halogens is 4. The standard InChI is InChI=1S/C17H22F4/c1-3-5-14-10-11-15(17(20,21)16(14,18)19)13-8-6-12(4-2)7-9-13/h4,10-13H,2-3,5-9H2,1H3. The van der Waals surface area contributed by atoms with Gasteiger partial charge in [-0.15, -0.1) is 6.58 Å². The van der Waals surface area contributed by atoms with Crippen molar-refractivity contribution in [3.8, 4) is 0 Å². The van der Waals surface area contributed by atoms with Crippen LogP contribution < -0.4 is 0 Å². The molecule has 0 aromatic heterocycles. The van der Waals surface area contributed by atoms with Gasteiger partial charge >= 0.3 is 11.8 Å². The average Bonchev–Trinajstić information content (AvgIpc) is 2.45. The van der Waals surface area contributed by atoms with Crippen LogP contribution in [0.25, 0.3) is 0 Å². The van der Waals surface area contributed by atoms with E-state index in [1.54, 1.807) is 6.92 Å². The molecule has 118 valence electrons. The topological polar surface area (TPSA) is 0 Å². The summed E-state index contributed by atoms with van der Waals surface area (Å²) in [6.07, 6.45) is 7.31. The maximum atomic E-state index is 14.3. The van der Waals surface area contributed by atoms with Crippen molar-refractivity contribution in [1.29, 1.82) is 0 Å². The molecule has 0 nitrogen and oxygen atoms in total. The molecule has 2 aliphatic rings. The SMILES string of the molecule is C=CC1CCC(C2=CC=C(CCC)C(F)(F)C2(F)F)CC1. The largest absolute Gasteiger partial charge is 0.336 e. The normalized spacial score (nSPS) is 31.3. The summed E-state index contributed by atoms with van der Waals surface area (Å²) in [5.41, 5.74) is -0.826. The summed E-state index contributed by atoms with van der Waals surface area (Å²) in [4.78, 5) is 0.